The molecule has 4 rings (SSSR count). The van der Waals surface area contributed by atoms with Crippen molar-refractivity contribution >= 4 is 11.7 Å². The molecule has 0 aliphatic carbocycles. The molecule has 1 aromatic heterocycles. The summed E-state index contributed by atoms with van der Waals surface area (Å²) in [5.41, 5.74) is 1.23. The van der Waals surface area contributed by atoms with Crippen molar-refractivity contribution in [2.75, 3.05) is 19.5 Å². The minimum Gasteiger partial charge on any atom is -0.497 e. The zero-order valence-corrected chi connectivity index (χ0v) is 15.2. The van der Waals surface area contributed by atoms with Crippen molar-refractivity contribution in [2.24, 2.45) is 0 Å². The molecule has 0 bridgehead atoms. The van der Waals surface area contributed by atoms with Crippen LogP contribution in [0.25, 0.3) is 5.69 Å². The number of fused-ring (bicyclic) bond motifs is 1. The van der Waals surface area contributed by atoms with Crippen molar-refractivity contribution in [1.82, 2.24) is 9.55 Å². The van der Waals surface area contributed by atoms with Crippen LogP contribution in [0.3, 0.4) is 0 Å². The van der Waals surface area contributed by atoms with E-state index in [1.165, 1.54) is 18.0 Å². The van der Waals surface area contributed by atoms with Gasteiger partial charge in [-0.3, -0.25) is 9.36 Å². The van der Waals surface area contributed by atoms with E-state index in [0.29, 0.717) is 23.0 Å². The summed E-state index contributed by atoms with van der Waals surface area (Å²) in [6, 6.07) is 8.41. The van der Waals surface area contributed by atoms with E-state index in [-0.39, 0.29) is 18.0 Å². The molecule has 1 N–H and O–H groups in total. The summed E-state index contributed by atoms with van der Waals surface area (Å²) in [5.74, 6) is -0.413. The summed E-state index contributed by atoms with van der Waals surface area (Å²) in [6.07, 6.45) is 1.51. The number of hydrogen-bond acceptors (Lipinski definition) is 4. The number of aromatic nitrogens is 2. The molecule has 2 aromatic carbocycles. The Bertz CT molecular complexity index is 1060. The van der Waals surface area contributed by atoms with Gasteiger partial charge < -0.3 is 14.8 Å². The molecule has 1 aliphatic rings. The van der Waals surface area contributed by atoms with E-state index in [1.54, 1.807) is 25.3 Å². The van der Waals surface area contributed by atoms with Crippen LogP contribution < -0.4 is 14.8 Å². The molecule has 1 atom stereocenters. The normalized spacial score (nSPS) is 15.7. The van der Waals surface area contributed by atoms with E-state index in [9.17, 15) is 13.6 Å². The third-order valence-electron chi connectivity index (χ3n) is 4.75. The van der Waals surface area contributed by atoms with Crippen molar-refractivity contribution in [3.8, 4) is 17.2 Å². The van der Waals surface area contributed by atoms with Gasteiger partial charge in [0.1, 0.15) is 35.3 Å². The molecular weight excluding hydrogens is 368 g/mol. The first-order chi connectivity index (χ1) is 13.5. The van der Waals surface area contributed by atoms with Crippen LogP contribution in [0.1, 0.15) is 23.6 Å². The van der Waals surface area contributed by atoms with Crippen molar-refractivity contribution < 1.29 is 23.0 Å². The summed E-state index contributed by atoms with van der Waals surface area (Å²) in [6.45, 7) is 0. The minimum atomic E-state index is -0.628. The molecule has 0 spiro atoms. The molecule has 3 aromatic rings. The predicted molar refractivity (Wildman–Crippen MR) is 98.1 cm³/mol. The van der Waals surface area contributed by atoms with Gasteiger partial charge in [0, 0.05) is 24.0 Å². The number of carbonyl (C=O) groups is 1. The highest BCUT2D eigenvalue weighted by molar-refractivity contribution is 5.94. The molecule has 1 aliphatic heterocycles. The second-order valence-corrected chi connectivity index (χ2v) is 6.36. The fourth-order valence-corrected chi connectivity index (χ4v) is 3.43. The molecule has 0 saturated carbocycles. The smallest absolute Gasteiger partial charge is 0.226 e. The van der Waals surface area contributed by atoms with Gasteiger partial charge in [0.15, 0.2) is 0 Å². The van der Waals surface area contributed by atoms with E-state index in [0.717, 1.165) is 23.8 Å². The fourth-order valence-electron chi connectivity index (χ4n) is 3.43. The van der Waals surface area contributed by atoms with E-state index in [1.807, 2.05) is 0 Å². The largest absolute Gasteiger partial charge is 0.497 e. The lowest BCUT2D eigenvalue weighted by Gasteiger charge is -2.25. The number of halogens is 2. The molecule has 0 unspecified atom stereocenters. The second kappa shape index (κ2) is 6.95. The van der Waals surface area contributed by atoms with Gasteiger partial charge in [0.2, 0.25) is 5.91 Å². The highest BCUT2D eigenvalue weighted by Gasteiger charge is 2.33. The Morgan fingerprint density at radius 1 is 1.14 bits per heavy atom. The van der Waals surface area contributed by atoms with Crippen LogP contribution in [0, 0.1) is 11.6 Å². The van der Waals surface area contributed by atoms with Gasteiger partial charge in [-0.05, 0) is 30.3 Å². The third kappa shape index (κ3) is 2.96. The Balaban J connectivity index is 1.87. The Kier molecular flexibility index (Phi) is 4.46. The summed E-state index contributed by atoms with van der Waals surface area (Å²) in [4.78, 5) is 16.8. The van der Waals surface area contributed by atoms with E-state index in [2.05, 4.69) is 10.3 Å². The Morgan fingerprint density at radius 3 is 2.71 bits per heavy atom. The van der Waals surface area contributed by atoms with Crippen LogP contribution in [-0.4, -0.2) is 29.7 Å². The number of carbonyl (C=O) groups excluding carboxylic acids is 1. The number of benzene rings is 2. The fraction of sp³-hybridized carbons (Fsp3) is 0.200. The number of ether oxygens (including phenoxy) is 2. The monoisotopic (exact) mass is 385 g/mol. The van der Waals surface area contributed by atoms with Crippen LogP contribution in [0.4, 0.5) is 14.6 Å². The first-order valence-electron chi connectivity index (χ1n) is 8.56. The van der Waals surface area contributed by atoms with Crippen LogP contribution >= 0.6 is 0 Å². The van der Waals surface area contributed by atoms with Crippen LogP contribution in [0.2, 0.25) is 0 Å². The van der Waals surface area contributed by atoms with E-state index < -0.39 is 17.6 Å². The lowest BCUT2D eigenvalue weighted by atomic mass is 9.89. The highest BCUT2D eigenvalue weighted by atomic mass is 19.1. The number of amides is 1. The van der Waals surface area contributed by atoms with Crippen molar-refractivity contribution in [2.45, 2.75) is 12.3 Å². The first kappa shape index (κ1) is 18.0. The van der Waals surface area contributed by atoms with Crippen LogP contribution in [0.15, 0.2) is 42.7 Å². The molecule has 144 valence electrons. The summed E-state index contributed by atoms with van der Waals surface area (Å²) < 4.78 is 40.0. The van der Waals surface area contributed by atoms with Crippen molar-refractivity contribution in [1.29, 1.82) is 0 Å². The molecule has 0 saturated heterocycles. The number of nitrogens with zero attached hydrogens (tertiary/aromatic N) is 2. The minimum absolute atomic E-state index is 0.0349. The molecule has 6 nitrogen and oxygen atoms in total. The third-order valence-corrected chi connectivity index (χ3v) is 4.75. The Hall–Kier alpha value is -3.42. The number of hydrogen-bond donors (Lipinski definition) is 1. The molecule has 0 radical (unpaired) electrons. The molecule has 8 heteroatoms. The average molecular weight is 385 g/mol. The van der Waals surface area contributed by atoms with Gasteiger partial charge >= 0.3 is 0 Å². The summed E-state index contributed by atoms with van der Waals surface area (Å²) in [5, 5.41) is 2.72. The Morgan fingerprint density at radius 2 is 1.96 bits per heavy atom. The number of rotatable bonds is 4. The lowest BCUT2D eigenvalue weighted by molar-refractivity contribution is -0.116. The van der Waals surface area contributed by atoms with Gasteiger partial charge in [-0.25, -0.2) is 13.8 Å². The summed E-state index contributed by atoms with van der Waals surface area (Å²) in [7, 11) is 3.09. The first-order valence-corrected chi connectivity index (χ1v) is 8.56. The maximum atomic E-state index is 14.3. The van der Waals surface area contributed by atoms with Gasteiger partial charge in [-0.1, -0.05) is 0 Å². The SMILES string of the molecule is COc1ccc(OC)c([C@H]2CC(=O)Nc3c2ncn3-c2cc(F)ccc2F)c1. The van der Waals surface area contributed by atoms with Gasteiger partial charge in [-0.2, -0.15) is 0 Å². The van der Waals surface area contributed by atoms with Gasteiger partial charge in [0.25, 0.3) is 0 Å². The average Bonchev–Trinajstić information content (AvgIpc) is 3.12. The molecule has 1 amide bonds. The molecule has 28 heavy (non-hydrogen) atoms. The van der Waals surface area contributed by atoms with Gasteiger partial charge in [0.05, 0.1) is 25.6 Å². The van der Waals surface area contributed by atoms with E-state index in [4.69, 9.17) is 9.47 Å². The maximum Gasteiger partial charge on any atom is 0.226 e. The number of nitrogens with one attached hydrogen (secondary N) is 1. The van der Waals surface area contributed by atoms with Gasteiger partial charge in [-0.15, -0.1) is 0 Å². The topological polar surface area (TPSA) is 65.4 Å². The summed E-state index contributed by atoms with van der Waals surface area (Å²) >= 11 is 0. The molecular formula is C20H17F2N3O3. The molecule has 0 fully saturated rings. The van der Waals surface area contributed by atoms with Crippen LogP contribution in [-0.2, 0) is 4.79 Å². The zero-order chi connectivity index (χ0) is 19.8. The predicted octanol–water partition coefficient (Wildman–Crippen LogP) is 3.64. The van der Waals surface area contributed by atoms with Crippen molar-refractivity contribution in [3.05, 3.63) is 65.6 Å². The number of anilines is 1. The van der Waals surface area contributed by atoms with E-state index >= 15 is 0 Å². The maximum absolute atomic E-state index is 14.3. The Labute approximate surface area is 159 Å². The second-order valence-electron chi connectivity index (χ2n) is 6.36. The number of imidazole rings is 1. The highest BCUT2D eigenvalue weighted by Crippen LogP contribution is 2.42. The zero-order valence-electron chi connectivity index (χ0n) is 15.2. The standard InChI is InChI=1S/C20H17F2N3O3/c1-27-12-4-6-17(28-2)13(8-12)14-9-18(26)24-20-19(14)23-10-25(20)16-7-11(21)3-5-15(16)22/h3-8,10,14H,9H2,1-2H3,(H,24,26)/t14-/m1/s1. The van der Waals surface area contributed by atoms with Crippen molar-refractivity contribution in [3.63, 3.8) is 0 Å². The molecule has 2 heterocycles. The van der Waals surface area contributed by atoms with Crippen LogP contribution in [0.5, 0.6) is 11.5 Å². The quantitative estimate of drug-likeness (QED) is 0.745. The number of methoxy groups -OCH3 is 2. The lowest BCUT2D eigenvalue weighted by Crippen LogP contribution is -2.25.